The first kappa shape index (κ1) is 16.6. The van der Waals surface area contributed by atoms with Crippen LogP contribution in [0.3, 0.4) is 0 Å². The fourth-order valence-corrected chi connectivity index (χ4v) is 2.88. The summed E-state index contributed by atoms with van der Waals surface area (Å²) in [5.41, 5.74) is 0.843. The van der Waals surface area contributed by atoms with Crippen LogP contribution in [-0.2, 0) is 11.3 Å². The van der Waals surface area contributed by atoms with Crippen molar-refractivity contribution in [2.75, 3.05) is 13.1 Å². The first-order chi connectivity index (χ1) is 11.6. The molecule has 1 atom stereocenters. The van der Waals surface area contributed by atoms with Gasteiger partial charge in [-0.15, -0.1) is 0 Å². The van der Waals surface area contributed by atoms with Gasteiger partial charge in [0.1, 0.15) is 11.6 Å². The molecule has 0 aromatic heterocycles. The fraction of sp³-hybridized carbons (Fsp3) is 0.316. The Morgan fingerprint density at radius 2 is 1.96 bits per heavy atom. The summed E-state index contributed by atoms with van der Waals surface area (Å²) < 4.78 is 32.6. The zero-order chi connectivity index (χ0) is 16.9. The Hall–Kier alpha value is -2.27. The smallest absolute Gasteiger partial charge is 0.253 e. The number of carbonyl (C=O) groups excluding carboxylic acids is 1. The van der Waals surface area contributed by atoms with E-state index in [1.54, 1.807) is 17.0 Å². The van der Waals surface area contributed by atoms with E-state index < -0.39 is 11.6 Å². The third-order valence-electron chi connectivity index (χ3n) is 4.17. The predicted octanol–water partition coefficient (Wildman–Crippen LogP) is 3.79. The van der Waals surface area contributed by atoms with Gasteiger partial charge in [-0.25, -0.2) is 8.78 Å². The van der Waals surface area contributed by atoms with Crippen molar-refractivity contribution in [3.8, 4) is 0 Å². The second-order valence-electron chi connectivity index (χ2n) is 5.93. The lowest BCUT2D eigenvalue weighted by Gasteiger charge is -2.32. The van der Waals surface area contributed by atoms with Crippen LogP contribution < -0.4 is 0 Å². The summed E-state index contributed by atoms with van der Waals surface area (Å²) in [5, 5.41) is 0. The lowest BCUT2D eigenvalue weighted by Crippen LogP contribution is -2.43. The zero-order valence-corrected chi connectivity index (χ0v) is 13.3. The number of hydrogen-bond donors (Lipinski definition) is 0. The van der Waals surface area contributed by atoms with E-state index in [9.17, 15) is 13.6 Å². The first-order valence-corrected chi connectivity index (χ1v) is 8.03. The molecule has 0 aliphatic carbocycles. The molecule has 24 heavy (non-hydrogen) atoms. The van der Waals surface area contributed by atoms with Gasteiger partial charge in [0.25, 0.3) is 5.91 Å². The molecule has 3 rings (SSSR count). The number of piperidine rings is 1. The normalized spacial score (nSPS) is 17.8. The molecule has 1 heterocycles. The fourth-order valence-electron chi connectivity index (χ4n) is 2.88. The molecule has 2 aromatic rings. The van der Waals surface area contributed by atoms with Crippen LogP contribution in [0.4, 0.5) is 8.78 Å². The Kier molecular flexibility index (Phi) is 5.20. The average Bonchev–Trinajstić information content (AvgIpc) is 2.63. The van der Waals surface area contributed by atoms with E-state index in [0.29, 0.717) is 18.7 Å². The number of amides is 1. The molecule has 0 saturated carbocycles. The van der Waals surface area contributed by atoms with Crippen molar-refractivity contribution in [1.82, 2.24) is 4.90 Å². The lowest BCUT2D eigenvalue weighted by atomic mass is 10.1. The average molecular weight is 331 g/mol. The highest BCUT2D eigenvalue weighted by atomic mass is 19.1. The quantitative estimate of drug-likeness (QED) is 0.853. The highest BCUT2D eigenvalue weighted by molar-refractivity contribution is 5.94. The Bertz CT molecular complexity index is 706. The van der Waals surface area contributed by atoms with Crippen LogP contribution in [0.25, 0.3) is 0 Å². The Morgan fingerprint density at radius 3 is 2.75 bits per heavy atom. The molecule has 1 aliphatic heterocycles. The third kappa shape index (κ3) is 3.97. The molecule has 1 amide bonds. The summed E-state index contributed by atoms with van der Waals surface area (Å²) in [6.45, 7) is 1.15. The molecule has 1 aliphatic rings. The maximum absolute atomic E-state index is 13.6. The summed E-state index contributed by atoms with van der Waals surface area (Å²) in [7, 11) is 0. The van der Waals surface area contributed by atoms with Crippen molar-refractivity contribution in [1.29, 1.82) is 0 Å². The molecular formula is C19H19F2NO2. The lowest BCUT2D eigenvalue weighted by molar-refractivity contribution is -0.00769. The van der Waals surface area contributed by atoms with Crippen LogP contribution in [0.1, 0.15) is 28.8 Å². The van der Waals surface area contributed by atoms with Crippen molar-refractivity contribution in [2.45, 2.75) is 25.6 Å². The summed E-state index contributed by atoms with van der Waals surface area (Å²) in [6, 6.07) is 12.4. The minimum atomic E-state index is -0.487. The van der Waals surface area contributed by atoms with Crippen LogP contribution in [0.2, 0.25) is 0 Å². The molecule has 0 spiro atoms. The van der Waals surface area contributed by atoms with Crippen molar-refractivity contribution in [3.63, 3.8) is 0 Å². The van der Waals surface area contributed by atoms with E-state index in [0.717, 1.165) is 31.0 Å². The largest absolute Gasteiger partial charge is 0.372 e. The molecule has 0 radical (unpaired) electrons. The van der Waals surface area contributed by atoms with Gasteiger partial charge < -0.3 is 9.64 Å². The minimum Gasteiger partial charge on any atom is -0.372 e. The van der Waals surface area contributed by atoms with Gasteiger partial charge in [0.2, 0.25) is 0 Å². The Morgan fingerprint density at radius 1 is 1.17 bits per heavy atom. The maximum Gasteiger partial charge on any atom is 0.253 e. The molecule has 1 saturated heterocycles. The topological polar surface area (TPSA) is 29.5 Å². The molecule has 1 fully saturated rings. The van der Waals surface area contributed by atoms with Crippen LogP contribution in [0.15, 0.2) is 48.5 Å². The van der Waals surface area contributed by atoms with Gasteiger partial charge in [0.05, 0.1) is 12.7 Å². The van der Waals surface area contributed by atoms with Crippen molar-refractivity contribution in [2.24, 2.45) is 0 Å². The van der Waals surface area contributed by atoms with E-state index in [4.69, 9.17) is 4.74 Å². The molecule has 0 N–H and O–H groups in total. The van der Waals surface area contributed by atoms with E-state index in [2.05, 4.69) is 0 Å². The van der Waals surface area contributed by atoms with Gasteiger partial charge in [-0.05, 0) is 43.2 Å². The van der Waals surface area contributed by atoms with Crippen LogP contribution in [0, 0.1) is 11.6 Å². The number of hydrogen-bond acceptors (Lipinski definition) is 2. The third-order valence-corrected chi connectivity index (χ3v) is 4.17. The zero-order valence-electron chi connectivity index (χ0n) is 13.3. The first-order valence-electron chi connectivity index (χ1n) is 8.03. The van der Waals surface area contributed by atoms with Gasteiger partial charge in [-0.3, -0.25) is 4.79 Å². The monoisotopic (exact) mass is 331 g/mol. The van der Waals surface area contributed by atoms with Crippen LogP contribution >= 0.6 is 0 Å². The molecule has 5 heteroatoms. The molecule has 3 nitrogen and oxygen atoms in total. The number of benzene rings is 2. The van der Waals surface area contributed by atoms with E-state index in [1.165, 1.54) is 0 Å². The van der Waals surface area contributed by atoms with E-state index in [-0.39, 0.29) is 24.2 Å². The predicted molar refractivity (Wildman–Crippen MR) is 86.5 cm³/mol. The van der Waals surface area contributed by atoms with E-state index in [1.807, 2.05) is 18.2 Å². The summed E-state index contributed by atoms with van der Waals surface area (Å²) in [6.07, 6.45) is 1.46. The molecule has 126 valence electrons. The molecular weight excluding hydrogens is 312 g/mol. The Balaban J connectivity index is 1.59. The molecule has 0 bridgehead atoms. The SMILES string of the molecule is O=C(c1ccccc1)N1CCC[C@H](OCc2cc(F)ccc2F)C1. The number of rotatable bonds is 4. The number of ether oxygens (including phenoxy) is 1. The summed E-state index contributed by atoms with van der Waals surface area (Å²) >= 11 is 0. The second-order valence-corrected chi connectivity index (χ2v) is 5.93. The Labute approximate surface area is 139 Å². The van der Waals surface area contributed by atoms with Crippen LogP contribution in [-0.4, -0.2) is 30.0 Å². The van der Waals surface area contributed by atoms with Crippen LogP contribution in [0.5, 0.6) is 0 Å². The molecule has 0 unspecified atom stereocenters. The maximum atomic E-state index is 13.6. The van der Waals surface area contributed by atoms with Crippen molar-refractivity contribution in [3.05, 3.63) is 71.3 Å². The number of likely N-dealkylation sites (tertiary alicyclic amines) is 1. The minimum absolute atomic E-state index is 0.00161. The van der Waals surface area contributed by atoms with Crippen molar-refractivity contribution < 1.29 is 18.3 Å². The highest BCUT2D eigenvalue weighted by Gasteiger charge is 2.25. The van der Waals surface area contributed by atoms with Gasteiger partial charge in [0.15, 0.2) is 0 Å². The number of halogens is 2. The summed E-state index contributed by atoms with van der Waals surface area (Å²) in [5.74, 6) is -0.996. The number of carbonyl (C=O) groups is 1. The van der Waals surface area contributed by atoms with Gasteiger partial charge in [0, 0.05) is 24.2 Å². The summed E-state index contributed by atoms with van der Waals surface area (Å²) in [4.78, 5) is 14.2. The highest BCUT2D eigenvalue weighted by Crippen LogP contribution is 2.19. The number of nitrogens with zero attached hydrogens (tertiary/aromatic N) is 1. The van der Waals surface area contributed by atoms with Gasteiger partial charge in [-0.2, -0.15) is 0 Å². The van der Waals surface area contributed by atoms with Gasteiger partial charge >= 0.3 is 0 Å². The second kappa shape index (κ2) is 7.53. The standard InChI is InChI=1S/C19H19F2NO2/c20-16-8-9-18(21)15(11-16)13-24-17-7-4-10-22(12-17)19(23)14-5-2-1-3-6-14/h1-3,5-6,8-9,11,17H,4,7,10,12-13H2/t17-/m0/s1. The van der Waals surface area contributed by atoms with Gasteiger partial charge in [-0.1, -0.05) is 18.2 Å². The van der Waals surface area contributed by atoms with E-state index >= 15 is 0 Å². The molecule has 2 aromatic carbocycles. The van der Waals surface area contributed by atoms with Crippen molar-refractivity contribution >= 4 is 5.91 Å².